The van der Waals surface area contributed by atoms with Crippen LogP contribution < -0.4 is 5.73 Å². The lowest BCUT2D eigenvalue weighted by atomic mass is 10.0. The fourth-order valence-corrected chi connectivity index (χ4v) is 1.21. The molecule has 0 fully saturated rings. The van der Waals surface area contributed by atoms with Crippen LogP contribution in [0.2, 0.25) is 0 Å². The molecular weight excluding hydrogens is 206 g/mol. The molecule has 0 bridgehead atoms. The molecule has 1 amide bonds. The molecular formula is C11H21N3O2. The number of nitriles is 1. The summed E-state index contributed by atoms with van der Waals surface area (Å²) in [6.07, 6.45) is 0.320. The highest BCUT2D eigenvalue weighted by Crippen LogP contribution is 2.04. The Morgan fingerprint density at radius 3 is 2.56 bits per heavy atom. The predicted octanol–water partition coefficient (Wildman–Crippen LogP) is 0.358. The zero-order chi connectivity index (χ0) is 12.6. The summed E-state index contributed by atoms with van der Waals surface area (Å²) in [7, 11) is 1.58. The summed E-state index contributed by atoms with van der Waals surface area (Å²) >= 11 is 0. The van der Waals surface area contributed by atoms with Crippen LogP contribution in [0.5, 0.6) is 0 Å². The van der Waals surface area contributed by atoms with Crippen molar-refractivity contribution in [3.63, 3.8) is 0 Å². The van der Waals surface area contributed by atoms with Gasteiger partial charge < -0.3 is 15.4 Å². The molecule has 16 heavy (non-hydrogen) atoms. The van der Waals surface area contributed by atoms with Gasteiger partial charge in [0.1, 0.15) is 0 Å². The van der Waals surface area contributed by atoms with Crippen molar-refractivity contribution in [2.75, 3.05) is 26.8 Å². The van der Waals surface area contributed by atoms with Gasteiger partial charge in [0.05, 0.1) is 25.1 Å². The van der Waals surface area contributed by atoms with Crippen LogP contribution in [0.1, 0.15) is 20.3 Å². The molecule has 0 heterocycles. The zero-order valence-corrected chi connectivity index (χ0v) is 10.3. The molecule has 0 saturated heterocycles. The van der Waals surface area contributed by atoms with Gasteiger partial charge in [-0.25, -0.2) is 0 Å². The number of hydrogen-bond donors (Lipinski definition) is 1. The first-order chi connectivity index (χ1) is 7.54. The summed E-state index contributed by atoms with van der Waals surface area (Å²) in [5.74, 6) is -0.0121. The molecule has 0 aliphatic carbocycles. The number of amides is 1. The van der Waals surface area contributed by atoms with Crippen molar-refractivity contribution in [2.45, 2.75) is 26.3 Å². The second kappa shape index (κ2) is 8.08. The molecule has 5 heteroatoms. The SMILES string of the molecule is COCCN(CCC#N)C(=O)[C@@H](N)C(C)C. The minimum absolute atomic E-state index is 0.0969. The van der Waals surface area contributed by atoms with E-state index in [-0.39, 0.29) is 11.8 Å². The van der Waals surface area contributed by atoms with Crippen LogP contribution >= 0.6 is 0 Å². The summed E-state index contributed by atoms with van der Waals surface area (Å²) in [6.45, 7) is 5.17. The minimum Gasteiger partial charge on any atom is -0.383 e. The van der Waals surface area contributed by atoms with Crippen LogP contribution in [0.3, 0.4) is 0 Å². The second-order valence-electron chi connectivity index (χ2n) is 4.00. The maximum Gasteiger partial charge on any atom is 0.239 e. The number of carbonyl (C=O) groups excluding carboxylic acids is 1. The maximum absolute atomic E-state index is 11.9. The lowest BCUT2D eigenvalue weighted by molar-refractivity contribution is -0.134. The summed E-state index contributed by atoms with van der Waals surface area (Å²) in [5.41, 5.74) is 5.79. The monoisotopic (exact) mass is 227 g/mol. The van der Waals surface area contributed by atoms with Crippen molar-refractivity contribution in [3.05, 3.63) is 0 Å². The largest absolute Gasteiger partial charge is 0.383 e. The molecule has 0 radical (unpaired) electrons. The summed E-state index contributed by atoms with van der Waals surface area (Å²) in [6, 6.07) is 1.52. The normalized spacial score (nSPS) is 12.2. The van der Waals surface area contributed by atoms with Crippen molar-refractivity contribution in [3.8, 4) is 6.07 Å². The average molecular weight is 227 g/mol. The van der Waals surface area contributed by atoms with Gasteiger partial charge in [0.25, 0.3) is 0 Å². The molecule has 0 unspecified atom stereocenters. The quantitative estimate of drug-likeness (QED) is 0.681. The first-order valence-electron chi connectivity index (χ1n) is 5.44. The van der Waals surface area contributed by atoms with Crippen molar-refractivity contribution in [1.82, 2.24) is 4.90 Å². The van der Waals surface area contributed by atoms with Gasteiger partial charge in [-0.05, 0) is 5.92 Å². The molecule has 5 nitrogen and oxygen atoms in total. The molecule has 0 saturated carbocycles. The molecule has 0 aromatic carbocycles. The van der Waals surface area contributed by atoms with Crippen molar-refractivity contribution in [1.29, 1.82) is 5.26 Å². The molecule has 0 rings (SSSR count). The standard InChI is InChI=1S/C11H21N3O2/c1-9(2)10(13)11(15)14(6-4-5-12)7-8-16-3/h9-10H,4,6-8,13H2,1-3H3/t10-/m0/s1. The van der Waals surface area contributed by atoms with E-state index in [9.17, 15) is 4.79 Å². The Morgan fingerprint density at radius 2 is 2.12 bits per heavy atom. The molecule has 0 spiro atoms. The van der Waals surface area contributed by atoms with Gasteiger partial charge in [-0.3, -0.25) is 4.79 Å². The second-order valence-corrected chi connectivity index (χ2v) is 4.00. The van der Waals surface area contributed by atoms with Gasteiger partial charge in [0.15, 0.2) is 0 Å². The van der Waals surface area contributed by atoms with Crippen molar-refractivity contribution >= 4 is 5.91 Å². The van der Waals surface area contributed by atoms with E-state index in [0.29, 0.717) is 26.1 Å². The first kappa shape index (κ1) is 14.9. The highest BCUT2D eigenvalue weighted by atomic mass is 16.5. The van der Waals surface area contributed by atoms with Gasteiger partial charge in [-0.2, -0.15) is 5.26 Å². The third-order valence-corrected chi connectivity index (χ3v) is 2.37. The van der Waals surface area contributed by atoms with E-state index < -0.39 is 6.04 Å². The third-order valence-electron chi connectivity index (χ3n) is 2.37. The van der Waals surface area contributed by atoms with Crippen LogP contribution in [0.15, 0.2) is 0 Å². The molecule has 1 atom stereocenters. The number of nitrogens with two attached hydrogens (primary N) is 1. The van der Waals surface area contributed by atoms with Crippen molar-refractivity contribution < 1.29 is 9.53 Å². The fourth-order valence-electron chi connectivity index (χ4n) is 1.21. The molecule has 0 aromatic heterocycles. The number of rotatable bonds is 7. The lowest BCUT2D eigenvalue weighted by Crippen LogP contribution is -2.47. The topological polar surface area (TPSA) is 79.3 Å². The number of carbonyl (C=O) groups is 1. The van der Waals surface area contributed by atoms with Crippen LogP contribution in [0, 0.1) is 17.2 Å². The molecule has 0 aliphatic rings. The number of nitrogens with zero attached hydrogens (tertiary/aromatic N) is 2. The smallest absolute Gasteiger partial charge is 0.239 e. The summed E-state index contributed by atoms with van der Waals surface area (Å²) in [5, 5.41) is 8.52. The number of ether oxygens (including phenoxy) is 1. The Kier molecular flexibility index (Phi) is 7.52. The van der Waals surface area contributed by atoms with E-state index in [0.717, 1.165) is 0 Å². The van der Waals surface area contributed by atoms with E-state index in [1.165, 1.54) is 0 Å². The average Bonchev–Trinajstić information content (AvgIpc) is 2.27. The van der Waals surface area contributed by atoms with Crippen LogP contribution in [0.25, 0.3) is 0 Å². The predicted molar refractivity (Wildman–Crippen MR) is 61.5 cm³/mol. The molecule has 92 valence electrons. The van der Waals surface area contributed by atoms with Gasteiger partial charge in [0.2, 0.25) is 5.91 Å². The molecule has 0 aliphatic heterocycles. The highest BCUT2D eigenvalue weighted by Gasteiger charge is 2.22. The molecule has 0 aromatic rings. The van der Waals surface area contributed by atoms with Gasteiger partial charge in [0, 0.05) is 20.2 Å². The third kappa shape index (κ3) is 5.10. The Morgan fingerprint density at radius 1 is 1.50 bits per heavy atom. The van der Waals surface area contributed by atoms with Crippen LogP contribution in [-0.4, -0.2) is 43.7 Å². The van der Waals surface area contributed by atoms with Gasteiger partial charge in [-0.1, -0.05) is 13.8 Å². The maximum atomic E-state index is 11.9. The van der Waals surface area contributed by atoms with Gasteiger partial charge in [-0.15, -0.1) is 0 Å². The van der Waals surface area contributed by atoms with E-state index in [4.69, 9.17) is 15.7 Å². The Bertz CT molecular complexity index is 248. The highest BCUT2D eigenvalue weighted by molar-refractivity contribution is 5.81. The summed E-state index contributed by atoms with van der Waals surface area (Å²) in [4.78, 5) is 13.5. The zero-order valence-electron chi connectivity index (χ0n) is 10.3. The lowest BCUT2D eigenvalue weighted by Gasteiger charge is -2.26. The Labute approximate surface area is 97.2 Å². The number of hydrogen-bond acceptors (Lipinski definition) is 4. The number of methoxy groups -OCH3 is 1. The van der Waals surface area contributed by atoms with E-state index in [2.05, 4.69) is 0 Å². The first-order valence-corrected chi connectivity index (χ1v) is 5.44. The summed E-state index contributed by atoms with van der Waals surface area (Å²) < 4.78 is 4.93. The van der Waals surface area contributed by atoms with E-state index in [1.54, 1.807) is 12.0 Å². The van der Waals surface area contributed by atoms with Crippen molar-refractivity contribution in [2.24, 2.45) is 11.7 Å². The fraction of sp³-hybridized carbons (Fsp3) is 0.818. The van der Waals surface area contributed by atoms with Gasteiger partial charge >= 0.3 is 0 Å². The Hall–Kier alpha value is -1.12. The molecule has 2 N–H and O–H groups in total. The van der Waals surface area contributed by atoms with E-state index in [1.807, 2.05) is 19.9 Å². The minimum atomic E-state index is -0.504. The van der Waals surface area contributed by atoms with E-state index >= 15 is 0 Å². The Balaban J connectivity index is 4.36. The van der Waals surface area contributed by atoms with Crippen LogP contribution in [-0.2, 0) is 9.53 Å². The van der Waals surface area contributed by atoms with Crippen LogP contribution in [0.4, 0.5) is 0 Å².